The molecule has 1 aromatic rings. The van der Waals surface area contributed by atoms with Crippen LogP contribution in [-0.2, 0) is 11.2 Å². The molecule has 2 N–H and O–H groups in total. The summed E-state index contributed by atoms with van der Waals surface area (Å²) in [6.45, 7) is 1.09. The van der Waals surface area contributed by atoms with E-state index in [9.17, 15) is 9.90 Å². The van der Waals surface area contributed by atoms with Crippen molar-refractivity contribution in [3.63, 3.8) is 0 Å². The van der Waals surface area contributed by atoms with E-state index in [2.05, 4.69) is 5.32 Å². The van der Waals surface area contributed by atoms with Gasteiger partial charge in [0.15, 0.2) is 11.5 Å². The van der Waals surface area contributed by atoms with Crippen molar-refractivity contribution in [2.45, 2.75) is 44.2 Å². The van der Waals surface area contributed by atoms with Gasteiger partial charge >= 0.3 is 0 Å². The number of piperazine rings is 1. The number of carbonyl (C=O) groups excluding carboxylic acids is 1. The molecule has 0 spiro atoms. The number of hydrogen-bond acceptors (Lipinski definition) is 4. The highest BCUT2D eigenvalue weighted by Crippen LogP contribution is 2.39. The van der Waals surface area contributed by atoms with E-state index in [-0.39, 0.29) is 23.7 Å². The number of aromatic hydroxyl groups is 1. The normalized spacial score (nSPS) is 31.0. The summed E-state index contributed by atoms with van der Waals surface area (Å²) >= 11 is 0. The van der Waals surface area contributed by atoms with Crippen LogP contribution >= 0.6 is 0 Å². The molecule has 124 valence electrons. The maximum absolute atomic E-state index is 12.9. The lowest BCUT2D eigenvalue weighted by molar-refractivity contribution is -0.140. The number of fused-ring (bicyclic) bond motifs is 3. The van der Waals surface area contributed by atoms with Gasteiger partial charge in [-0.25, -0.2) is 0 Å². The van der Waals surface area contributed by atoms with Crippen LogP contribution < -0.4 is 10.1 Å². The zero-order valence-corrected chi connectivity index (χ0v) is 13.4. The first-order valence-corrected chi connectivity index (χ1v) is 8.45. The second-order valence-corrected chi connectivity index (χ2v) is 6.86. The molecule has 0 radical (unpaired) electrons. The average molecular weight is 317 g/mol. The number of nitrogens with zero attached hydrogens (tertiary/aromatic N) is 1. The van der Waals surface area contributed by atoms with E-state index in [1.165, 1.54) is 26.4 Å². The fourth-order valence-electron chi connectivity index (χ4n) is 3.97. The maximum Gasteiger partial charge on any atom is 0.240 e. The third-order valence-corrected chi connectivity index (χ3v) is 5.56. The zero-order chi connectivity index (χ0) is 16.8. The predicted octanol–water partition coefficient (Wildman–Crippen LogP) is 1.99. The summed E-state index contributed by atoms with van der Waals surface area (Å²) in [7, 11) is 1.51. The van der Waals surface area contributed by atoms with Crippen LogP contribution in [0.3, 0.4) is 0 Å². The Bertz CT molecular complexity index is 662. The van der Waals surface area contributed by atoms with Crippen molar-refractivity contribution in [3.8, 4) is 11.5 Å². The molecule has 1 saturated heterocycles. The Morgan fingerprint density at radius 3 is 3.00 bits per heavy atom. The molecule has 2 heterocycles. The van der Waals surface area contributed by atoms with Gasteiger partial charge in [0.05, 0.1) is 19.2 Å². The Balaban J connectivity index is 1.62. The van der Waals surface area contributed by atoms with Crippen molar-refractivity contribution in [1.29, 1.82) is 0 Å². The van der Waals surface area contributed by atoms with Crippen LogP contribution in [0, 0.1) is 5.92 Å². The van der Waals surface area contributed by atoms with Gasteiger partial charge in [0.1, 0.15) is 0 Å². The van der Waals surface area contributed by atoms with Crippen molar-refractivity contribution >= 4 is 5.91 Å². The Kier molecular flexibility index (Phi) is 3.39. The molecule has 23 heavy (non-hydrogen) atoms. The first-order valence-electron chi connectivity index (χ1n) is 9.03. The lowest BCUT2D eigenvalue weighted by atomic mass is 9.79. The van der Waals surface area contributed by atoms with Gasteiger partial charge in [-0.2, -0.15) is 0 Å². The summed E-state index contributed by atoms with van der Waals surface area (Å²) in [6.07, 6.45) is 4.13. The molecule has 3 aliphatic rings. The fraction of sp³-hybridized carbons (Fsp3) is 0.611. The number of nitrogens with one attached hydrogen (secondary N) is 1. The number of rotatable bonds is 3. The molecule has 0 bridgehead atoms. The van der Waals surface area contributed by atoms with Crippen molar-refractivity contribution < 1.29 is 16.0 Å². The minimum absolute atomic E-state index is 0.0555. The third-order valence-electron chi connectivity index (χ3n) is 5.56. The number of ether oxygens (including phenoxy) is 1. The van der Waals surface area contributed by atoms with Gasteiger partial charge in [-0.15, -0.1) is 0 Å². The quantitative estimate of drug-likeness (QED) is 0.895. The van der Waals surface area contributed by atoms with Gasteiger partial charge in [0, 0.05) is 14.5 Å². The van der Waals surface area contributed by atoms with E-state index in [4.69, 9.17) is 6.11 Å². The highest BCUT2D eigenvalue weighted by molar-refractivity contribution is 5.83. The average Bonchev–Trinajstić information content (AvgIpc) is 2.53. The van der Waals surface area contributed by atoms with E-state index in [0.717, 1.165) is 17.5 Å². The highest BCUT2D eigenvalue weighted by atomic mass is 16.5. The minimum Gasteiger partial charge on any atom is -0.504 e. The van der Waals surface area contributed by atoms with Gasteiger partial charge in [0.2, 0.25) is 5.91 Å². The molecule has 4 rings (SSSR count). The predicted molar refractivity (Wildman–Crippen MR) is 86.6 cm³/mol. The standard InChI is InChI=1S/C18H24N2O3/c1-23-17-9-13-12(8-16(17)21)5-6-20-15(13)10-19-14(18(20)22)7-11-3-2-4-11/h8-9,11,14-15,19,21H,2-7,10H2,1H3/t14-,15+/m1/s1/i5D/t5?,14-,15+. The number of phenolic OH excluding ortho intramolecular Hbond substituents is 1. The minimum atomic E-state index is -0.528. The SMILES string of the molecule is [2H]C1CN2C(=O)[C@@H](CC3CCC3)NC[C@H]2c2cc(OC)c(O)cc21. The van der Waals surface area contributed by atoms with Crippen LogP contribution in [-0.4, -0.2) is 42.2 Å². The van der Waals surface area contributed by atoms with E-state index in [1.54, 1.807) is 12.1 Å². The Morgan fingerprint density at radius 2 is 2.30 bits per heavy atom. The molecule has 5 nitrogen and oxygen atoms in total. The summed E-state index contributed by atoms with van der Waals surface area (Å²) in [5.41, 5.74) is 1.71. The zero-order valence-electron chi connectivity index (χ0n) is 14.4. The highest BCUT2D eigenvalue weighted by Gasteiger charge is 2.40. The number of hydrogen-bond donors (Lipinski definition) is 2. The van der Waals surface area contributed by atoms with Gasteiger partial charge in [-0.05, 0) is 42.0 Å². The summed E-state index contributed by atoms with van der Waals surface area (Å²) < 4.78 is 13.6. The molecule has 1 amide bonds. The van der Waals surface area contributed by atoms with Crippen molar-refractivity contribution in [3.05, 3.63) is 23.3 Å². The van der Waals surface area contributed by atoms with Gasteiger partial charge in [-0.3, -0.25) is 4.79 Å². The number of phenols is 1. The first-order chi connectivity index (χ1) is 11.6. The fourth-order valence-corrected chi connectivity index (χ4v) is 3.97. The molecule has 1 aromatic carbocycles. The topological polar surface area (TPSA) is 61.8 Å². The number of carbonyl (C=O) groups is 1. The van der Waals surface area contributed by atoms with Crippen LogP contribution in [0.1, 0.15) is 44.2 Å². The lowest BCUT2D eigenvalue weighted by Crippen LogP contribution is -2.58. The summed E-state index contributed by atoms with van der Waals surface area (Å²) in [5, 5.41) is 13.4. The van der Waals surface area contributed by atoms with Crippen molar-refractivity contribution in [2.75, 3.05) is 20.2 Å². The number of amides is 1. The van der Waals surface area contributed by atoms with E-state index >= 15 is 0 Å². The van der Waals surface area contributed by atoms with Crippen LogP contribution in [0.25, 0.3) is 0 Å². The maximum atomic E-state index is 12.9. The molecular weight excluding hydrogens is 292 g/mol. The molecule has 1 aliphatic carbocycles. The van der Waals surface area contributed by atoms with Crippen LogP contribution in [0.2, 0.25) is 0 Å². The third kappa shape index (κ3) is 2.47. The van der Waals surface area contributed by atoms with Crippen molar-refractivity contribution in [2.24, 2.45) is 5.92 Å². The van der Waals surface area contributed by atoms with E-state index in [1.807, 2.05) is 4.90 Å². The number of methoxy groups -OCH3 is 1. The molecule has 3 atom stereocenters. The van der Waals surface area contributed by atoms with Gasteiger partial charge < -0.3 is 20.1 Å². The van der Waals surface area contributed by atoms with Crippen LogP contribution in [0.5, 0.6) is 11.5 Å². The summed E-state index contributed by atoms with van der Waals surface area (Å²) in [4.78, 5) is 14.8. The second-order valence-electron chi connectivity index (χ2n) is 6.86. The molecule has 2 fully saturated rings. The molecule has 1 unspecified atom stereocenters. The van der Waals surface area contributed by atoms with Crippen molar-refractivity contribution in [1.82, 2.24) is 10.2 Å². The van der Waals surface area contributed by atoms with Gasteiger partial charge in [-0.1, -0.05) is 19.3 Å². The number of benzene rings is 1. The van der Waals surface area contributed by atoms with E-state index < -0.39 is 6.40 Å². The Labute approximate surface area is 138 Å². The Morgan fingerprint density at radius 1 is 1.48 bits per heavy atom. The molecule has 5 heteroatoms. The van der Waals surface area contributed by atoms with E-state index in [0.29, 0.717) is 24.8 Å². The lowest BCUT2D eigenvalue weighted by Gasteiger charge is -2.45. The molecular formula is C18H24N2O3. The largest absolute Gasteiger partial charge is 0.504 e. The van der Waals surface area contributed by atoms with Gasteiger partial charge in [0.25, 0.3) is 0 Å². The Hall–Kier alpha value is -1.75. The van der Waals surface area contributed by atoms with Crippen LogP contribution in [0.15, 0.2) is 12.1 Å². The first kappa shape index (κ1) is 13.7. The second kappa shape index (κ2) is 5.71. The molecule has 0 aromatic heterocycles. The monoisotopic (exact) mass is 317 g/mol. The van der Waals surface area contributed by atoms with Crippen LogP contribution in [0.4, 0.5) is 0 Å². The smallest absolute Gasteiger partial charge is 0.240 e. The molecule has 2 aliphatic heterocycles. The molecule has 1 saturated carbocycles. The summed E-state index contributed by atoms with van der Waals surface area (Å²) in [5.74, 6) is 1.24. The summed E-state index contributed by atoms with van der Waals surface area (Å²) in [6, 6.07) is 3.21.